The third-order valence-electron chi connectivity index (χ3n) is 2.20. The van der Waals surface area contributed by atoms with E-state index in [2.05, 4.69) is 5.32 Å². The van der Waals surface area contributed by atoms with E-state index in [1.54, 1.807) is 6.07 Å². The first-order valence-electron chi connectivity index (χ1n) is 4.57. The summed E-state index contributed by atoms with van der Waals surface area (Å²) < 4.78 is 5.39. The molecule has 1 aliphatic heterocycles. The smallest absolute Gasteiger partial charge is 0.339 e. The van der Waals surface area contributed by atoms with Gasteiger partial charge in [-0.2, -0.15) is 0 Å². The minimum absolute atomic E-state index is 0.126. The van der Waals surface area contributed by atoms with Gasteiger partial charge in [0.05, 0.1) is 0 Å². The number of carboxylic acids is 1. The van der Waals surface area contributed by atoms with Crippen LogP contribution in [0.2, 0.25) is 5.02 Å². The minimum Gasteiger partial charge on any atom is -0.491 e. The fraction of sp³-hybridized carbons (Fsp3) is 0.300. The van der Waals surface area contributed by atoms with Gasteiger partial charge in [0.2, 0.25) is 0 Å². The van der Waals surface area contributed by atoms with Crippen LogP contribution in [0.3, 0.4) is 0 Å². The van der Waals surface area contributed by atoms with Crippen LogP contribution in [0.4, 0.5) is 0 Å². The van der Waals surface area contributed by atoms with Crippen LogP contribution in [-0.2, 0) is 6.54 Å². The van der Waals surface area contributed by atoms with E-state index in [9.17, 15) is 4.79 Å². The molecule has 2 rings (SSSR count). The highest BCUT2D eigenvalue weighted by molar-refractivity contribution is 6.31. The van der Waals surface area contributed by atoms with Crippen molar-refractivity contribution in [2.45, 2.75) is 6.54 Å². The molecule has 0 unspecified atom stereocenters. The molecule has 1 heterocycles. The Kier molecular flexibility index (Phi) is 2.79. The van der Waals surface area contributed by atoms with Crippen LogP contribution in [0.15, 0.2) is 12.1 Å². The van der Waals surface area contributed by atoms with Gasteiger partial charge < -0.3 is 15.2 Å². The summed E-state index contributed by atoms with van der Waals surface area (Å²) in [7, 11) is 0. The fourth-order valence-electron chi connectivity index (χ4n) is 1.56. The second-order valence-corrected chi connectivity index (χ2v) is 3.71. The molecule has 1 aliphatic rings. The van der Waals surface area contributed by atoms with Crippen molar-refractivity contribution in [2.24, 2.45) is 0 Å². The van der Waals surface area contributed by atoms with E-state index in [0.717, 1.165) is 5.56 Å². The molecule has 0 aromatic heterocycles. The first-order chi connectivity index (χ1) is 7.18. The lowest BCUT2D eigenvalue weighted by Crippen LogP contribution is -2.16. The Bertz CT molecular complexity index is 406. The van der Waals surface area contributed by atoms with Gasteiger partial charge in [-0.1, -0.05) is 11.6 Å². The highest BCUT2D eigenvalue weighted by Gasteiger charge is 2.18. The summed E-state index contributed by atoms with van der Waals surface area (Å²) in [6.45, 7) is 1.75. The summed E-state index contributed by atoms with van der Waals surface area (Å²) in [5, 5.41) is 12.5. The molecule has 0 bridgehead atoms. The number of nitrogens with one attached hydrogen (secondary N) is 1. The van der Waals surface area contributed by atoms with Crippen molar-refractivity contribution in [3.63, 3.8) is 0 Å². The topological polar surface area (TPSA) is 58.6 Å². The SMILES string of the molecule is O=C(O)c1cc(Cl)cc2c1OCCNC2. The normalized spacial score (nSPS) is 15.0. The van der Waals surface area contributed by atoms with Gasteiger partial charge in [-0.05, 0) is 12.1 Å². The van der Waals surface area contributed by atoms with Crippen LogP contribution in [0.1, 0.15) is 15.9 Å². The van der Waals surface area contributed by atoms with E-state index >= 15 is 0 Å². The number of hydrogen-bond donors (Lipinski definition) is 2. The average molecular weight is 228 g/mol. The van der Waals surface area contributed by atoms with Gasteiger partial charge in [0.25, 0.3) is 0 Å². The number of aromatic carboxylic acids is 1. The molecule has 80 valence electrons. The van der Waals surface area contributed by atoms with Crippen molar-refractivity contribution < 1.29 is 14.6 Å². The van der Waals surface area contributed by atoms with Crippen molar-refractivity contribution >= 4 is 17.6 Å². The third kappa shape index (κ3) is 2.06. The monoisotopic (exact) mass is 227 g/mol. The first kappa shape index (κ1) is 10.3. The molecule has 2 N–H and O–H groups in total. The standard InChI is InChI=1S/C10H10ClNO3/c11-7-3-6-5-12-1-2-15-9(6)8(4-7)10(13)14/h3-4,12H,1-2,5H2,(H,13,14). The first-order valence-corrected chi connectivity index (χ1v) is 4.95. The third-order valence-corrected chi connectivity index (χ3v) is 2.42. The van der Waals surface area contributed by atoms with E-state index in [4.69, 9.17) is 21.4 Å². The quantitative estimate of drug-likeness (QED) is 0.764. The van der Waals surface area contributed by atoms with Crippen LogP contribution < -0.4 is 10.1 Å². The van der Waals surface area contributed by atoms with Crippen molar-refractivity contribution in [1.29, 1.82) is 0 Å². The molecule has 1 aromatic carbocycles. The van der Waals surface area contributed by atoms with Gasteiger partial charge >= 0.3 is 5.97 Å². The van der Waals surface area contributed by atoms with Crippen LogP contribution in [0.5, 0.6) is 5.75 Å². The number of fused-ring (bicyclic) bond motifs is 1. The fourth-order valence-corrected chi connectivity index (χ4v) is 1.80. The molecule has 0 amide bonds. The van der Waals surface area contributed by atoms with E-state index in [1.165, 1.54) is 6.07 Å². The minimum atomic E-state index is -1.02. The van der Waals surface area contributed by atoms with Gasteiger partial charge in [0, 0.05) is 23.7 Å². The molecule has 1 aromatic rings. The molecule has 4 nitrogen and oxygen atoms in total. The predicted molar refractivity (Wildman–Crippen MR) is 55.6 cm³/mol. The van der Waals surface area contributed by atoms with Crippen LogP contribution in [0.25, 0.3) is 0 Å². The molecule has 0 saturated carbocycles. The predicted octanol–water partition coefficient (Wildman–Crippen LogP) is 1.52. The molecular formula is C10H10ClNO3. The van der Waals surface area contributed by atoms with Crippen molar-refractivity contribution in [3.8, 4) is 5.75 Å². The molecule has 0 fully saturated rings. The number of carbonyl (C=O) groups is 1. The summed E-state index contributed by atoms with van der Waals surface area (Å²) >= 11 is 5.83. The summed E-state index contributed by atoms with van der Waals surface area (Å²) in [5.74, 6) is -0.590. The van der Waals surface area contributed by atoms with Crippen molar-refractivity contribution in [2.75, 3.05) is 13.2 Å². The Morgan fingerprint density at radius 2 is 2.33 bits per heavy atom. The molecule has 0 radical (unpaired) electrons. The molecule has 0 spiro atoms. The number of hydrogen-bond acceptors (Lipinski definition) is 3. The average Bonchev–Trinajstić information content (AvgIpc) is 2.41. The van der Waals surface area contributed by atoms with Crippen molar-refractivity contribution in [1.82, 2.24) is 5.32 Å². The number of benzene rings is 1. The lowest BCUT2D eigenvalue weighted by atomic mass is 10.1. The van der Waals surface area contributed by atoms with E-state index in [-0.39, 0.29) is 5.56 Å². The van der Waals surface area contributed by atoms with Gasteiger partial charge in [0.1, 0.15) is 17.9 Å². The number of halogens is 1. The zero-order valence-corrected chi connectivity index (χ0v) is 8.67. The second kappa shape index (κ2) is 4.08. The molecule has 5 heteroatoms. The summed E-state index contributed by atoms with van der Waals surface area (Å²) in [4.78, 5) is 11.0. The van der Waals surface area contributed by atoms with Gasteiger partial charge in [-0.15, -0.1) is 0 Å². The Labute approximate surface area is 91.8 Å². The maximum absolute atomic E-state index is 11.0. The zero-order chi connectivity index (χ0) is 10.8. The molecule has 15 heavy (non-hydrogen) atoms. The molecule has 0 saturated heterocycles. The Morgan fingerprint density at radius 3 is 3.07 bits per heavy atom. The van der Waals surface area contributed by atoms with Gasteiger partial charge in [-0.3, -0.25) is 0 Å². The summed E-state index contributed by atoms with van der Waals surface area (Å²) in [6.07, 6.45) is 0. The highest BCUT2D eigenvalue weighted by Crippen LogP contribution is 2.29. The summed E-state index contributed by atoms with van der Waals surface area (Å²) in [6, 6.07) is 3.13. The maximum atomic E-state index is 11.0. The number of rotatable bonds is 1. The van der Waals surface area contributed by atoms with E-state index in [0.29, 0.717) is 30.5 Å². The van der Waals surface area contributed by atoms with Gasteiger partial charge in [0.15, 0.2) is 0 Å². The van der Waals surface area contributed by atoms with Crippen molar-refractivity contribution in [3.05, 3.63) is 28.3 Å². The van der Waals surface area contributed by atoms with Gasteiger partial charge in [-0.25, -0.2) is 4.79 Å². The van der Waals surface area contributed by atoms with Crippen LogP contribution >= 0.6 is 11.6 Å². The van der Waals surface area contributed by atoms with Crippen LogP contribution in [-0.4, -0.2) is 24.2 Å². The molecule has 0 aliphatic carbocycles. The molecular weight excluding hydrogens is 218 g/mol. The van der Waals surface area contributed by atoms with Crippen LogP contribution in [0, 0.1) is 0 Å². The Hall–Kier alpha value is -1.26. The highest BCUT2D eigenvalue weighted by atomic mass is 35.5. The second-order valence-electron chi connectivity index (χ2n) is 3.27. The Balaban J connectivity index is 2.54. The van der Waals surface area contributed by atoms with E-state index in [1.807, 2.05) is 0 Å². The lowest BCUT2D eigenvalue weighted by molar-refractivity contribution is 0.0692. The zero-order valence-electron chi connectivity index (χ0n) is 7.92. The number of carboxylic acid groups (broad SMARTS) is 1. The number of ether oxygens (including phenoxy) is 1. The summed E-state index contributed by atoms with van der Waals surface area (Å²) in [5.41, 5.74) is 0.915. The molecule has 0 atom stereocenters. The van der Waals surface area contributed by atoms with E-state index < -0.39 is 5.97 Å². The maximum Gasteiger partial charge on any atom is 0.339 e. The Morgan fingerprint density at radius 1 is 1.53 bits per heavy atom. The lowest BCUT2D eigenvalue weighted by Gasteiger charge is -2.10. The largest absolute Gasteiger partial charge is 0.491 e.